The number of benzene rings is 1. The number of ether oxygens (including phenoxy) is 1. The summed E-state index contributed by atoms with van der Waals surface area (Å²) >= 11 is 1.52. The Bertz CT molecular complexity index is 863. The molecule has 0 atom stereocenters. The number of fused-ring (bicyclic) bond motifs is 1. The molecular formula is C17H18N2O2S. The average Bonchev–Trinajstić information content (AvgIpc) is 2.92. The summed E-state index contributed by atoms with van der Waals surface area (Å²) < 4.78 is 6.78. The van der Waals surface area contributed by atoms with Crippen molar-refractivity contribution in [1.82, 2.24) is 9.55 Å². The molecule has 2 aromatic heterocycles. The molecule has 0 bridgehead atoms. The average molecular weight is 314 g/mol. The van der Waals surface area contributed by atoms with Gasteiger partial charge in [0.25, 0.3) is 5.56 Å². The van der Waals surface area contributed by atoms with Crippen LogP contribution < -0.4 is 5.56 Å². The van der Waals surface area contributed by atoms with E-state index in [9.17, 15) is 4.79 Å². The number of nitrogens with zero attached hydrogens (tertiary/aromatic N) is 2. The van der Waals surface area contributed by atoms with Crippen LogP contribution in [0.2, 0.25) is 0 Å². The van der Waals surface area contributed by atoms with Crippen molar-refractivity contribution in [2.45, 2.75) is 20.4 Å². The Morgan fingerprint density at radius 3 is 2.64 bits per heavy atom. The highest BCUT2D eigenvalue weighted by atomic mass is 32.1. The van der Waals surface area contributed by atoms with Crippen molar-refractivity contribution in [2.75, 3.05) is 13.7 Å². The van der Waals surface area contributed by atoms with Crippen molar-refractivity contribution in [1.29, 1.82) is 0 Å². The molecule has 0 aliphatic heterocycles. The SMILES string of the molecule is COCCn1c(C)nc2scc(-c3ccc(C)cc3)c2c1=O. The molecule has 5 heteroatoms. The fraction of sp³-hybridized carbons (Fsp3) is 0.294. The molecule has 0 aliphatic rings. The first kappa shape index (κ1) is 14.9. The third-order valence-electron chi connectivity index (χ3n) is 3.77. The Kier molecular flexibility index (Phi) is 4.09. The van der Waals surface area contributed by atoms with Crippen LogP contribution in [0.4, 0.5) is 0 Å². The highest BCUT2D eigenvalue weighted by Crippen LogP contribution is 2.31. The Balaban J connectivity index is 2.21. The minimum Gasteiger partial charge on any atom is -0.383 e. The van der Waals surface area contributed by atoms with Crippen molar-refractivity contribution in [3.8, 4) is 11.1 Å². The summed E-state index contributed by atoms with van der Waals surface area (Å²) in [6.07, 6.45) is 0. The third-order valence-corrected chi connectivity index (χ3v) is 4.64. The van der Waals surface area contributed by atoms with Gasteiger partial charge in [-0.1, -0.05) is 29.8 Å². The number of aryl methyl sites for hydroxylation is 2. The summed E-state index contributed by atoms with van der Waals surface area (Å²) in [6.45, 7) is 4.94. The minimum absolute atomic E-state index is 0.0105. The first-order valence-electron chi connectivity index (χ1n) is 7.16. The minimum atomic E-state index is 0.0105. The number of aromatic nitrogens is 2. The molecule has 0 amide bonds. The van der Waals surface area contributed by atoms with Crippen LogP contribution in [0.3, 0.4) is 0 Å². The van der Waals surface area contributed by atoms with Crippen LogP contribution in [-0.2, 0) is 11.3 Å². The molecule has 0 spiro atoms. The van der Waals surface area contributed by atoms with Gasteiger partial charge in [-0.25, -0.2) is 4.98 Å². The largest absolute Gasteiger partial charge is 0.383 e. The molecular weight excluding hydrogens is 296 g/mol. The molecule has 1 aromatic carbocycles. The second-order valence-corrected chi connectivity index (χ2v) is 6.16. The van der Waals surface area contributed by atoms with Crippen LogP contribution in [0.15, 0.2) is 34.4 Å². The predicted molar refractivity (Wildman–Crippen MR) is 90.7 cm³/mol. The molecule has 0 fully saturated rings. The van der Waals surface area contributed by atoms with E-state index in [2.05, 4.69) is 36.2 Å². The van der Waals surface area contributed by atoms with E-state index in [0.717, 1.165) is 21.8 Å². The molecule has 4 nitrogen and oxygen atoms in total. The lowest BCUT2D eigenvalue weighted by atomic mass is 10.1. The van der Waals surface area contributed by atoms with Gasteiger partial charge >= 0.3 is 0 Å². The van der Waals surface area contributed by atoms with Crippen molar-refractivity contribution >= 4 is 21.6 Å². The maximum atomic E-state index is 12.9. The van der Waals surface area contributed by atoms with E-state index in [1.54, 1.807) is 11.7 Å². The molecule has 0 unspecified atom stereocenters. The maximum absolute atomic E-state index is 12.9. The molecule has 0 saturated heterocycles. The topological polar surface area (TPSA) is 44.1 Å². The van der Waals surface area contributed by atoms with Crippen LogP contribution in [0.25, 0.3) is 21.3 Å². The van der Waals surface area contributed by atoms with Gasteiger partial charge in [0.05, 0.1) is 18.5 Å². The predicted octanol–water partition coefficient (Wildman–Crippen LogP) is 3.39. The fourth-order valence-corrected chi connectivity index (χ4v) is 3.50. The molecule has 0 aliphatic carbocycles. The summed E-state index contributed by atoms with van der Waals surface area (Å²) in [7, 11) is 1.63. The van der Waals surface area contributed by atoms with Gasteiger partial charge < -0.3 is 4.74 Å². The smallest absolute Gasteiger partial charge is 0.262 e. The molecule has 0 N–H and O–H groups in total. The maximum Gasteiger partial charge on any atom is 0.262 e. The number of methoxy groups -OCH3 is 1. The van der Waals surface area contributed by atoms with Crippen molar-refractivity contribution in [2.24, 2.45) is 0 Å². The highest BCUT2D eigenvalue weighted by Gasteiger charge is 2.15. The summed E-state index contributed by atoms with van der Waals surface area (Å²) in [5.41, 5.74) is 3.23. The molecule has 2 heterocycles. The lowest BCUT2D eigenvalue weighted by molar-refractivity contribution is 0.185. The van der Waals surface area contributed by atoms with Gasteiger partial charge in [-0.2, -0.15) is 0 Å². The lowest BCUT2D eigenvalue weighted by Gasteiger charge is -2.09. The van der Waals surface area contributed by atoms with Crippen molar-refractivity contribution in [3.05, 3.63) is 51.4 Å². The van der Waals surface area contributed by atoms with E-state index in [4.69, 9.17) is 4.74 Å². The van der Waals surface area contributed by atoms with E-state index in [-0.39, 0.29) is 5.56 Å². The Labute approximate surface area is 133 Å². The summed E-state index contributed by atoms with van der Waals surface area (Å²) in [5.74, 6) is 0.729. The second-order valence-electron chi connectivity index (χ2n) is 5.30. The fourth-order valence-electron chi connectivity index (χ4n) is 2.52. The molecule has 3 rings (SSSR count). The quantitative estimate of drug-likeness (QED) is 0.741. The highest BCUT2D eigenvalue weighted by molar-refractivity contribution is 7.17. The third kappa shape index (κ3) is 2.58. The first-order chi connectivity index (χ1) is 10.6. The number of thiophene rings is 1. The van der Waals surface area contributed by atoms with E-state index in [1.807, 2.05) is 12.3 Å². The van der Waals surface area contributed by atoms with E-state index in [1.165, 1.54) is 16.9 Å². The number of hydrogen-bond donors (Lipinski definition) is 0. The van der Waals surface area contributed by atoms with Gasteiger partial charge in [-0.05, 0) is 19.4 Å². The van der Waals surface area contributed by atoms with Gasteiger partial charge in [0.15, 0.2) is 0 Å². The summed E-state index contributed by atoms with van der Waals surface area (Å²) in [4.78, 5) is 18.2. The van der Waals surface area contributed by atoms with Crippen LogP contribution >= 0.6 is 11.3 Å². The van der Waals surface area contributed by atoms with Gasteiger partial charge in [-0.3, -0.25) is 9.36 Å². The Hall–Kier alpha value is -1.98. The van der Waals surface area contributed by atoms with Crippen LogP contribution in [0.5, 0.6) is 0 Å². The molecule has 22 heavy (non-hydrogen) atoms. The van der Waals surface area contributed by atoms with E-state index >= 15 is 0 Å². The molecule has 0 radical (unpaired) electrons. The van der Waals surface area contributed by atoms with Gasteiger partial charge in [0.2, 0.25) is 0 Å². The number of hydrogen-bond acceptors (Lipinski definition) is 4. The van der Waals surface area contributed by atoms with Crippen LogP contribution in [-0.4, -0.2) is 23.3 Å². The zero-order chi connectivity index (χ0) is 15.7. The van der Waals surface area contributed by atoms with E-state index in [0.29, 0.717) is 18.5 Å². The zero-order valence-electron chi connectivity index (χ0n) is 12.9. The Morgan fingerprint density at radius 2 is 1.95 bits per heavy atom. The van der Waals surface area contributed by atoms with Crippen molar-refractivity contribution < 1.29 is 4.74 Å². The van der Waals surface area contributed by atoms with Gasteiger partial charge in [0.1, 0.15) is 10.7 Å². The summed E-state index contributed by atoms with van der Waals surface area (Å²) in [5, 5.41) is 2.72. The van der Waals surface area contributed by atoms with Gasteiger partial charge in [0, 0.05) is 18.1 Å². The van der Waals surface area contributed by atoms with Crippen molar-refractivity contribution in [3.63, 3.8) is 0 Å². The Morgan fingerprint density at radius 1 is 1.23 bits per heavy atom. The number of rotatable bonds is 4. The van der Waals surface area contributed by atoms with Gasteiger partial charge in [-0.15, -0.1) is 11.3 Å². The van der Waals surface area contributed by atoms with Crippen LogP contribution in [0, 0.1) is 13.8 Å². The first-order valence-corrected chi connectivity index (χ1v) is 8.04. The molecule has 3 aromatic rings. The van der Waals surface area contributed by atoms with E-state index < -0.39 is 0 Å². The standard InChI is InChI=1S/C17H18N2O2S/c1-11-4-6-13(7-5-11)14-10-22-16-15(14)17(20)19(8-9-21-3)12(2)18-16/h4-7,10H,8-9H2,1-3H3. The molecule has 0 saturated carbocycles. The lowest BCUT2D eigenvalue weighted by Crippen LogP contribution is -2.25. The van der Waals surface area contributed by atoms with Crippen LogP contribution in [0.1, 0.15) is 11.4 Å². The normalized spacial score (nSPS) is 11.2. The molecule has 114 valence electrons. The summed E-state index contributed by atoms with van der Waals surface area (Å²) in [6, 6.07) is 8.22. The second kappa shape index (κ2) is 6.02. The monoisotopic (exact) mass is 314 g/mol. The zero-order valence-corrected chi connectivity index (χ0v) is 13.7.